The van der Waals surface area contributed by atoms with E-state index in [1.54, 1.807) is 12.4 Å². The molecule has 0 radical (unpaired) electrons. The maximum Gasteiger partial charge on any atom is 0.224 e. The molecule has 2 N–H and O–H groups in total. The molecule has 0 aliphatic rings. The molecule has 22 heavy (non-hydrogen) atoms. The molecule has 2 aromatic heterocycles. The van der Waals surface area contributed by atoms with E-state index >= 15 is 0 Å². The highest BCUT2D eigenvalue weighted by atomic mass is 16.1. The molecule has 3 aromatic rings. The van der Waals surface area contributed by atoms with Crippen LogP contribution in [-0.2, 0) is 11.2 Å². The molecule has 3 rings (SSSR count). The van der Waals surface area contributed by atoms with Crippen LogP contribution in [0.5, 0.6) is 0 Å². The van der Waals surface area contributed by atoms with Gasteiger partial charge in [-0.2, -0.15) is 5.10 Å². The van der Waals surface area contributed by atoms with Crippen LogP contribution >= 0.6 is 0 Å². The maximum absolute atomic E-state index is 12.0. The van der Waals surface area contributed by atoms with E-state index in [0.29, 0.717) is 6.42 Å². The number of aromatic amines is 1. The van der Waals surface area contributed by atoms with E-state index in [4.69, 9.17) is 0 Å². The number of hydrogen-bond acceptors (Lipinski definition) is 3. The fourth-order valence-corrected chi connectivity index (χ4v) is 2.40. The summed E-state index contributed by atoms with van der Waals surface area (Å²) in [7, 11) is 0. The average molecular weight is 294 g/mol. The summed E-state index contributed by atoms with van der Waals surface area (Å²) in [6.07, 6.45) is 8.74. The Hall–Kier alpha value is -2.69. The Morgan fingerprint density at radius 2 is 2.14 bits per heavy atom. The number of rotatable bonds is 6. The Labute approximate surface area is 128 Å². The van der Waals surface area contributed by atoms with Gasteiger partial charge in [-0.25, -0.2) is 0 Å². The van der Waals surface area contributed by atoms with Crippen molar-refractivity contribution in [3.63, 3.8) is 0 Å². The number of amides is 1. The lowest BCUT2D eigenvalue weighted by Gasteiger charge is -2.05. The van der Waals surface area contributed by atoms with Gasteiger partial charge >= 0.3 is 0 Å². The number of nitrogens with one attached hydrogen (secondary N) is 2. The second-order valence-corrected chi connectivity index (χ2v) is 5.29. The molecule has 0 spiro atoms. The Morgan fingerprint density at radius 1 is 1.18 bits per heavy atom. The number of carbonyl (C=O) groups is 1. The number of nitrogens with zero attached hydrogens (tertiary/aromatic N) is 2. The van der Waals surface area contributed by atoms with Crippen LogP contribution in [0, 0.1) is 0 Å². The normalized spacial score (nSPS) is 10.7. The quantitative estimate of drug-likeness (QED) is 0.685. The van der Waals surface area contributed by atoms with E-state index < -0.39 is 0 Å². The molecule has 0 aliphatic carbocycles. The fraction of sp³-hybridized carbons (Fsp3) is 0.235. The lowest BCUT2D eigenvalue weighted by atomic mass is 10.1. The number of carbonyl (C=O) groups excluding carboxylic acids is 1. The van der Waals surface area contributed by atoms with Crippen molar-refractivity contribution < 1.29 is 4.79 Å². The number of anilines is 1. The van der Waals surface area contributed by atoms with Gasteiger partial charge in [0.15, 0.2) is 0 Å². The first-order valence-corrected chi connectivity index (χ1v) is 7.43. The fourth-order valence-electron chi connectivity index (χ4n) is 2.40. The summed E-state index contributed by atoms with van der Waals surface area (Å²) >= 11 is 0. The third-order valence-electron chi connectivity index (χ3n) is 3.57. The molecule has 5 nitrogen and oxygen atoms in total. The van der Waals surface area contributed by atoms with Gasteiger partial charge in [0.05, 0.1) is 11.7 Å². The Kier molecular flexibility index (Phi) is 4.44. The van der Waals surface area contributed by atoms with Crippen LogP contribution in [0.1, 0.15) is 24.8 Å². The van der Waals surface area contributed by atoms with Crippen LogP contribution in [0.2, 0.25) is 0 Å². The first-order chi connectivity index (χ1) is 10.8. The van der Waals surface area contributed by atoms with Crippen LogP contribution in [0.4, 0.5) is 5.69 Å². The molecular formula is C17H18N4O. The Bertz CT molecular complexity index is 751. The van der Waals surface area contributed by atoms with Gasteiger partial charge in [-0.1, -0.05) is 6.07 Å². The predicted molar refractivity (Wildman–Crippen MR) is 86.5 cm³/mol. The SMILES string of the molecule is O=C(CCCCc1cccnc1)Nc1ccc2[nH]ncc2c1. The van der Waals surface area contributed by atoms with Gasteiger partial charge in [0.25, 0.3) is 0 Å². The highest BCUT2D eigenvalue weighted by molar-refractivity contribution is 5.93. The zero-order valence-corrected chi connectivity index (χ0v) is 12.2. The maximum atomic E-state index is 12.0. The van der Waals surface area contributed by atoms with E-state index in [9.17, 15) is 4.79 Å². The number of aromatic nitrogens is 3. The van der Waals surface area contributed by atoms with Crippen molar-refractivity contribution in [2.24, 2.45) is 0 Å². The molecule has 5 heteroatoms. The van der Waals surface area contributed by atoms with Crippen molar-refractivity contribution >= 4 is 22.5 Å². The predicted octanol–water partition coefficient (Wildman–Crippen LogP) is 3.31. The van der Waals surface area contributed by atoms with Gasteiger partial charge in [0, 0.05) is 29.9 Å². The van der Waals surface area contributed by atoms with Crippen LogP contribution in [-0.4, -0.2) is 21.1 Å². The average Bonchev–Trinajstić information content (AvgIpc) is 3.00. The number of H-pyrrole nitrogens is 1. The molecule has 0 saturated carbocycles. The molecule has 0 aliphatic heterocycles. The van der Waals surface area contributed by atoms with Gasteiger partial charge in [-0.3, -0.25) is 14.9 Å². The summed E-state index contributed by atoms with van der Waals surface area (Å²) in [5, 5.41) is 10.8. The van der Waals surface area contributed by atoms with E-state index in [1.165, 1.54) is 5.56 Å². The van der Waals surface area contributed by atoms with Gasteiger partial charge in [0.1, 0.15) is 0 Å². The summed E-state index contributed by atoms with van der Waals surface area (Å²) in [5.74, 6) is 0.0500. The minimum atomic E-state index is 0.0500. The first kappa shape index (κ1) is 14.3. The van der Waals surface area contributed by atoms with E-state index in [-0.39, 0.29) is 5.91 Å². The zero-order chi connectivity index (χ0) is 15.2. The molecule has 0 unspecified atom stereocenters. The minimum Gasteiger partial charge on any atom is -0.326 e. The van der Waals surface area contributed by atoms with Crippen molar-refractivity contribution in [3.05, 3.63) is 54.5 Å². The Balaban J connectivity index is 1.44. The number of pyridine rings is 1. The summed E-state index contributed by atoms with van der Waals surface area (Å²) < 4.78 is 0. The van der Waals surface area contributed by atoms with Crippen molar-refractivity contribution in [3.8, 4) is 0 Å². The number of hydrogen-bond donors (Lipinski definition) is 2. The monoisotopic (exact) mass is 294 g/mol. The summed E-state index contributed by atoms with van der Waals surface area (Å²) in [4.78, 5) is 16.0. The lowest BCUT2D eigenvalue weighted by Crippen LogP contribution is -2.11. The lowest BCUT2D eigenvalue weighted by molar-refractivity contribution is -0.116. The minimum absolute atomic E-state index is 0.0500. The van der Waals surface area contributed by atoms with Gasteiger partial charge in [-0.05, 0) is 49.1 Å². The smallest absolute Gasteiger partial charge is 0.224 e. The van der Waals surface area contributed by atoms with Crippen molar-refractivity contribution in [1.29, 1.82) is 0 Å². The second kappa shape index (κ2) is 6.85. The molecule has 1 aromatic carbocycles. The zero-order valence-electron chi connectivity index (χ0n) is 12.2. The van der Waals surface area contributed by atoms with Crippen LogP contribution in [0.3, 0.4) is 0 Å². The summed E-state index contributed by atoms with van der Waals surface area (Å²) in [6.45, 7) is 0. The molecular weight excluding hydrogens is 276 g/mol. The Morgan fingerprint density at radius 3 is 3.00 bits per heavy atom. The standard InChI is InChI=1S/C17H18N4O/c22-17(6-2-1-4-13-5-3-9-18-11-13)20-15-7-8-16-14(10-15)12-19-21-16/h3,5,7-12H,1-2,4,6H2,(H,19,21)(H,20,22). The molecule has 0 atom stereocenters. The first-order valence-electron chi connectivity index (χ1n) is 7.43. The molecule has 0 fully saturated rings. The van der Waals surface area contributed by atoms with Crippen LogP contribution < -0.4 is 5.32 Å². The van der Waals surface area contributed by atoms with Gasteiger partial charge in [0.2, 0.25) is 5.91 Å². The van der Waals surface area contributed by atoms with Gasteiger partial charge in [-0.15, -0.1) is 0 Å². The highest BCUT2D eigenvalue weighted by Gasteiger charge is 2.04. The second-order valence-electron chi connectivity index (χ2n) is 5.29. The topological polar surface area (TPSA) is 70.7 Å². The largest absolute Gasteiger partial charge is 0.326 e. The molecule has 112 valence electrons. The summed E-state index contributed by atoms with van der Waals surface area (Å²) in [6, 6.07) is 9.72. The third-order valence-corrected chi connectivity index (χ3v) is 3.57. The van der Waals surface area contributed by atoms with Gasteiger partial charge < -0.3 is 5.32 Å². The molecule has 0 bridgehead atoms. The van der Waals surface area contributed by atoms with E-state index in [0.717, 1.165) is 35.9 Å². The van der Waals surface area contributed by atoms with E-state index in [1.807, 2.05) is 30.5 Å². The highest BCUT2D eigenvalue weighted by Crippen LogP contribution is 2.17. The summed E-state index contributed by atoms with van der Waals surface area (Å²) in [5.41, 5.74) is 2.99. The van der Waals surface area contributed by atoms with Crippen molar-refractivity contribution in [1.82, 2.24) is 15.2 Å². The molecule has 0 saturated heterocycles. The van der Waals surface area contributed by atoms with Crippen molar-refractivity contribution in [2.45, 2.75) is 25.7 Å². The number of aryl methyl sites for hydroxylation is 1. The van der Waals surface area contributed by atoms with Crippen molar-refractivity contribution in [2.75, 3.05) is 5.32 Å². The third kappa shape index (κ3) is 3.69. The van der Waals surface area contributed by atoms with Crippen LogP contribution in [0.15, 0.2) is 48.9 Å². The molecule has 1 amide bonds. The number of fused-ring (bicyclic) bond motifs is 1. The number of unbranched alkanes of at least 4 members (excludes halogenated alkanes) is 1. The van der Waals surface area contributed by atoms with E-state index in [2.05, 4.69) is 26.6 Å². The molecule has 2 heterocycles. The number of benzene rings is 1. The van der Waals surface area contributed by atoms with Crippen LogP contribution in [0.25, 0.3) is 10.9 Å².